The molecule has 29 heavy (non-hydrogen) atoms. The average molecular weight is 386 g/mol. The molecular formula is C24H22N2O3. The Balaban J connectivity index is 1.34. The minimum Gasteiger partial charge on any atom is -0.479 e. The highest BCUT2D eigenvalue weighted by molar-refractivity contribution is 6.06. The van der Waals surface area contributed by atoms with Crippen molar-refractivity contribution in [1.82, 2.24) is 0 Å². The Bertz CT molecular complexity index is 1130. The largest absolute Gasteiger partial charge is 0.479 e. The second-order valence-electron chi connectivity index (χ2n) is 7.63. The molecule has 1 N–H and O–H groups in total. The Hall–Kier alpha value is -3.34. The molecule has 2 amide bonds. The number of carbonyl (C=O) groups excluding carboxylic acids is 2. The Morgan fingerprint density at radius 2 is 1.86 bits per heavy atom. The Kier molecular flexibility index (Phi) is 4.23. The molecule has 1 heterocycles. The van der Waals surface area contributed by atoms with Crippen molar-refractivity contribution in [2.24, 2.45) is 0 Å². The monoisotopic (exact) mass is 386 g/mol. The van der Waals surface area contributed by atoms with Crippen LogP contribution >= 0.6 is 0 Å². The first-order chi connectivity index (χ1) is 14.1. The first kappa shape index (κ1) is 17.7. The van der Waals surface area contributed by atoms with E-state index < -0.39 is 6.10 Å². The number of para-hydroxylation sites is 2. The molecule has 1 unspecified atom stereocenters. The summed E-state index contributed by atoms with van der Waals surface area (Å²) in [7, 11) is 0. The molecule has 0 radical (unpaired) electrons. The van der Waals surface area contributed by atoms with Crippen LogP contribution < -0.4 is 15.0 Å². The molecule has 1 atom stereocenters. The molecule has 1 aliphatic carbocycles. The van der Waals surface area contributed by atoms with Crippen molar-refractivity contribution in [3.63, 3.8) is 0 Å². The number of anilines is 2. The van der Waals surface area contributed by atoms with E-state index in [1.807, 2.05) is 36.4 Å². The highest BCUT2D eigenvalue weighted by Gasteiger charge is 2.31. The Labute approximate surface area is 169 Å². The third kappa shape index (κ3) is 3.03. The van der Waals surface area contributed by atoms with Gasteiger partial charge in [-0.05, 0) is 54.5 Å². The van der Waals surface area contributed by atoms with Crippen LogP contribution in [-0.2, 0) is 22.4 Å². The molecule has 3 aromatic carbocycles. The van der Waals surface area contributed by atoms with Crippen LogP contribution in [0, 0.1) is 0 Å². The standard InChI is InChI=1S/C24H22N2O3/c1-15-24(28)26(20-7-2-3-8-21(20)29-15)14-13-22(27)25-19-12-11-17-10-9-16-5-4-6-18(19)23(16)17/h2-8,11-12,15H,9-10,13-14H2,1H3,(H,25,27). The van der Waals surface area contributed by atoms with Gasteiger partial charge in [-0.2, -0.15) is 0 Å². The lowest BCUT2D eigenvalue weighted by Gasteiger charge is -2.32. The van der Waals surface area contributed by atoms with Crippen molar-refractivity contribution in [1.29, 1.82) is 0 Å². The topological polar surface area (TPSA) is 58.6 Å². The van der Waals surface area contributed by atoms with E-state index in [-0.39, 0.29) is 18.2 Å². The summed E-state index contributed by atoms with van der Waals surface area (Å²) >= 11 is 0. The van der Waals surface area contributed by atoms with Gasteiger partial charge >= 0.3 is 0 Å². The summed E-state index contributed by atoms with van der Waals surface area (Å²) in [5.41, 5.74) is 4.24. The number of amides is 2. The lowest BCUT2D eigenvalue weighted by Crippen LogP contribution is -2.45. The van der Waals surface area contributed by atoms with Crippen LogP contribution in [0.1, 0.15) is 24.5 Å². The number of carbonyl (C=O) groups is 2. The van der Waals surface area contributed by atoms with E-state index in [0.29, 0.717) is 18.0 Å². The van der Waals surface area contributed by atoms with Gasteiger partial charge in [-0.3, -0.25) is 9.59 Å². The molecule has 0 saturated heterocycles. The van der Waals surface area contributed by atoms with Gasteiger partial charge in [0.1, 0.15) is 5.75 Å². The van der Waals surface area contributed by atoms with Crippen LogP contribution in [0.2, 0.25) is 0 Å². The van der Waals surface area contributed by atoms with Gasteiger partial charge in [0.05, 0.1) is 5.69 Å². The maximum Gasteiger partial charge on any atom is 0.267 e. The van der Waals surface area contributed by atoms with Crippen molar-refractivity contribution < 1.29 is 14.3 Å². The predicted molar refractivity (Wildman–Crippen MR) is 113 cm³/mol. The van der Waals surface area contributed by atoms with E-state index in [1.54, 1.807) is 11.8 Å². The van der Waals surface area contributed by atoms with Crippen LogP contribution in [0.15, 0.2) is 54.6 Å². The van der Waals surface area contributed by atoms with Gasteiger partial charge in [0.25, 0.3) is 5.91 Å². The van der Waals surface area contributed by atoms with Crippen molar-refractivity contribution in [2.45, 2.75) is 32.3 Å². The van der Waals surface area contributed by atoms with Crippen LogP contribution in [0.3, 0.4) is 0 Å². The quantitative estimate of drug-likeness (QED) is 0.735. The Morgan fingerprint density at radius 1 is 1.07 bits per heavy atom. The molecule has 5 rings (SSSR count). The van der Waals surface area contributed by atoms with E-state index in [9.17, 15) is 9.59 Å². The van der Waals surface area contributed by atoms with Crippen molar-refractivity contribution in [2.75, 3.05) is 16.8 Å². The van der Waals surface area contributed by atoms with Crippen molar-refractivity contribution in [3.8, 4) is 5.75 Å². The molecule has 0 bridgehead atoms. The fourth-order valence-corrected chi connectivity index (χ4v) is 4.37. The van der Waals surface area contributed by atoms with Gasteiger partial charge in [-0.15, -0.1) is 0 Å². The molecule has 5 heteroatoms. The third-order valence-corrected chi connectivity index (χ3v) is 5.79. The zero-order valence-electron chi connectivity index (χ0n) is 16.3. The van der Waals surface area contributed by atoms with Gasteiger partial charge < -0.3 is 15.0 Å². The maximum atomic E-state index is 12.7. The second-order valence-corrected chi connectivity index (χ2v) is 7.63. The fraction of sp³-hybridized carbons (Fsp3) is 0.250. The summed E-state index contributed by atoms with van der Waals surface area (Å²) in [6, 6.07) is 17.8. The number of rotatable bonds is 4. The fourth-order valence-electron chi connectivity index (χ4n) is 4.37. The summed E-state index contributed by atoms with van der Waals surface area (Å²) in [5, 5.41) is 5.41. The Morgan fingerprint density at radius 3 is 2.72 bits per heavy atom. The zero-order chi connectivity index (χ0) is 20.0. The predicted octanol–water partition coefficient (Wildman–Crippen LogP) is 4.08. The lowest BCUT2D eigenvalue weighted by molar-refractivity contribution is -0.125. The summed E-state index contributed by atoms with van der Waals surface area (Å²) in [6.07, 6.45) is 1.78. The summed E-state index contributed by atoms with van der Waals surface area (Å²) in [5.74, 6) is 0.447. The molecule has 1 aliphatic heterocycles. The normalized spacial score (nSPS) is 17.2. The molecule has 0 spiro atoms. The number of nitrogens with zero attached hydrogens (tertiary/aromatic N) is 1. The first-order valence-electron chi connectivity index (χ1n) is 10.0. The lowest BCUT2D eigenvalue weighted by atomic mass is 10.0. The smallest absolute Gasteiger partial charge is 0.267 e. The second kappa shape index (κ2) is 6.92. The van der Waals surface area contributed by atoms with E-state index in [4.69, 9.17) is 4.74 Å². The van der Waals surface area contributed by atoms with Crippen LogP contribution in [0.5, 0.6) is 5.75 Å². The first-order valence-corrected chi connectivity index (χ1v) is 10.0. The molecule has 146 valence electrons. The maximum absolute atomic E-state index is 12.7. The van der Waals surface area contributed by atoms with E-state index in [0.717, 1.165) is 23.9 Å². The number of hydrogen-bond donors (Lipinski definition) is 1. The van der Waals surface area contributed by atoms with E-state index in [1.165, 1.54) is 16.5 Å². The highest BCUT2D eigenvalue weighted by atomic mass is 16.5. The van der Waals surface area contributed by atoms with Crippen LogP contribution in [-0.4, -0.2) is 24.5 Å². The minimum absolute atomic E-state index is 0.104. The van der Waals surface area contributed by atoms with Crippen molar-refractivity contribution in [3.05, 3.63) is 65.7 Å². The highest BCUT2D eigenvalue weighted by Crippen LogP contribution is 2.36. The number of nitrogens with one attached hydrogen (secondary N) is 1. The number of benzene rings is 3. The molecule has 2 aliphatic rings. The van der Waals surface area contributed by atoms with Gasteiger partial charge in [-0.25, -0.2) is 0 Å². The summed E-state index contributed by atoms with van der Waals surface area (Å²) < 4.78 is 5.66. The summed E-state index contributed by atoms with van der Waals surface area (Å²) in [4.78, 5) is 26.9. The molecule has 0 fully saturated rings. The SMILES string of the molecule is CC1Oc2ccccc2N(CCC(=O)Nc2ccc3c4c(cccc24)CC3)C1=O. The van der Waals surface area contributed by atoms with Gasteiger partial charge in [0, 0.05) is 24.0 Å². The van der Waals surface area contributed by atoms with Gasteiger partial charge in [-0.1, -0.05) is 36.4 Å². The number of aryl methyl sites for hydroxylation is 2. The summed E-state index contributed by atoms with van der Waals surface area (Å²) in [6.45, 7) is 2.05. The van der Waals surface area contributed by atoms with Crippen LogP contribution in [0.25, 0.3) is 10.8 Å². The zero-order valence-corrected chi connectivity index (χ0v) is 16.3. The van der Waals surface area contributed by atoms with Gasteiger partial charge in [0.15, 0.2) is 6.10 Å². The third-order valence-electron chi connectivity index (χ3n) is 5.79. The van der Waals surface area contributed by atoms with E-state index in [2.05, 4.69) is 23.5 Å². The van der Waals surface area contributed by atoms with Crippen molar-refractivity contribution >= 4 is 34.0 Å². The number of fused-ring (bicyclic) bond motifs is 1. The van der Waals surface area contributed by atoms with Crippen LogP contribution in [0.4, 0.5) is 11.4 Å². The number of ether oxygens (including phenoxy) is 1. The molecule has 3 aromatic rings. The molecular weight excluding hydrogens is 364 g/mol. The van der Waals surface area contributed by atoms with Gasteiger partial charge in [0.2, 0.25) is 5.91 Å². The number of hydrogen-bond acceptors (Lipinski definition) is 3. The molecule has 0 saturated carbocycles. The average Bonchev–Trinajstić information content (AvgIpc) is 3.15. The minimum atomic E-state index is -0.551. The molecule has 0 aromatic heterocycles. The molecule has 5 nitrogen and oxygen atoms in total. The van der Waals surface area contributed by atoms with E-state index >= 15 is 0 Å².